The van der Waals surface area contributed by atoms with Crippen LogP contribution in [0.3, 0.4) is 0 Å². The lowest BCUT2D eigenvalue weighted by molar-refractivity contribution is 0.102. The van der Waals surface area contributed by atoms with Crippen LogP contribution in [0.2, 0.25) is 0 Å². The SMILES string of the molecule is COc1cnn(C)c1C(=O)c1ccsc1. The Kier molecular flexibility index (Phi) is 2.55. The molecule has 0 radical (unpaired) electrons. The Morgan fingerprint density at radius 2 is 2.40 bits per heavy atom. The van der Waals surface area contributed by atoms with Gasteiger partial charge in [0.1, 0.15) is 0 Å². The third kappa shape index (κ3) is 1.66. The number of ether oxygens (including phenoxy) is 1. The van der Waals surface area contributed by atoms with Crippen molar-refractivity contribution in [3.8, 4) is 5.75 Å². The van der Waals surface area contributed by atoms with E-state index in [1.54, 1.807) is 19.3 Å². The lowest BCUT2D eigenvalue weighted by Gasteiger charge is -2.02. The average Bonchev–Trinajstić information content (AvgIpc) is 2.85. The second-order valence-electron chi connectivity index (χ2n) is 3.03. The van der Waals surface area contributed by atoms with E-state index in [-0.39, 0.29) is 5.78 Å². The van der Waals surface area contributed by atoms with Crippen LogP contribution in [0.4, 0.5) is 0 Å². The van der Waals surface area contributed by atoms with Crippen LogP contribution in [0.5, 0.6) is 5.75 Å². The summed E-state index contributed by atoms with van der Waals surface area (Å²) in [4.78, 5) is 12.0. The van der Waals surface area contributed by atoms with Crippen LogP contribution in [0.15, 0.2) is 23.0 Å². The van der Waals surface area contributed by atoms with E-state index in [0.717, 1.165) is 0 Å². The van der Waals surface area contributed by atoms with Crippen molar-refractivity contribution in [1.29, 1.82) is 0 Å². The average molecular weight is 222 g/mol. The topological polar surface area (TPSA) is 44.1 Å². The Bertz CT molecular complexity index is 474. The maximum Gasteiger partial charge on any atom is 0.215 e. The summed E-state index contributed by atoms with van der Waals surface area (Å²) in [6.07, 6.45) is 1.54. The normalized spacial score (nSPS) is 10.3. The van der Waals surface area contributed by atoms with Crippen molar-refractivity contribution < 1.29 is 9.53 Å². The fourth-order valence-corrected chi connectivity index (χ4v) is 1.99. The molecule has 0 N–H and O–H groups in total. The summed E-state index contributed by atoms with van der Waals surface area (Å²) < 4.78 is 6.61. The van der Waals surface area contributed by atoms with E-state index >= 15 is 0 Å². The van der Waals surface area contributed by atoms with E-state index < -0.39 is 0 Å². The summed E-state index contributed by atoms with van der Waals surface area (Å²) >= 11 is 1.49. The van der Waals surface area contributed by atoms with E-state index in [2.05, 4.69) is 5.10 Å². The van der Waals surface area contributed by atoms with Gasteiger partial charge in [0.05, 0.1) is 13.3 Å². The van der Waals surface area contributed by atoms with E-state index in [4.69, 9.17) is 4.74 Å². The first-order chi connectivity index (χ1) is 7.24. The molecule has 2 aromatic rings. The first-order valence-corrected chi connectivity index (χ1v) is 5.31. The number of rotatable bonds is 3. The quantitative estimate of drug-likeness (QED) is 0.743. The molecule has 15 heavy (non-hydrogen) atoms. The standard InChI is InChI=1S/C10H10N2O2S/c1-12-9(8(14-2)5-11-12)10(13)7-3-4-15-6-7/h3-6H,1-2H3. The molecule has 4 nitrogen and oxygen atoms in total. The molecule has 0 aliphatic rings. The molecule has 0 unspecified atom stereocenters. The van der Waals surface area contributed by atoms with Gasteiger partial charge in [-0.15, -0.1) is 0 Å². The summed E-state index contributed by atoms with van der Waals surface area (Å²) in [5.41, 5.74) is 1.15. The predicted molar refractivity (Wildman–Crippen MR) is 57.5 cm³/mol. The molecular weight excluding hydrogens is 212 g/mol. The maximum absolute atomic E-state index is 12.0. The van der Waals surface area contributed by atoms with Crippen LogP contribution in [-0.4, -0.2) is 22.7 Å². The zero-order valence-electron chi connectivity index (χ0n) is 8.43. The fourth-order valence-electron chi connectivity index (χ4n) is 1.36. The number of carbonyl (C=O) groups excluding carboxylic acids is 1. The number of nitrogens with zero attached hydrogens (tertiary/aromatic N) is 2. The van der Waals surface area contributed by atoms with Crippen LogP contribution in [-0.2, 0) is 7.05 Å². The highest BCUT2D eigenvalue weighted by atomic mass is 32.1. The molecule has 0 amide bonds. The smallest absolute Gasteiger partial charge is 0.215 e. The molecule has 0 bridgehead atoms. The van der Waals surface area contributed by atoms with Gasteiger partial charge in [0.25, 0.3) is 0 Å². The molecule has 2 rings (SSSR count). The minimum atomic E-state index is -0.0619. The number of hydrogen-bond donors (Lipinski definition) is 0. The van der Waals surface area contributed by atoms with Gasteiger partial charge in [-0.2, -0.15) is 16.4 Å². The van der Waals surface area contributed by atoms with Gasteiger partial charge in [-0.05, 0) is 11.4 Å². The number of methoxy groups -OCH3 is 1. The molecule has 0 aliphatic carbocycles. The fraction of sp³-hybridized carbons (Fsp3) is 0.200. The third-order valence-electron chi connectivity index (χ3n) is 2.12. The van der Waals surface area contributed by atoms with Crippen molar-refractivity contribution in [3.05, 3.63) is 34.3 Å². The Balaban J connectivity index is 2.45. The van der Waals surface area contributed by atoms with Crippen molar-refractivity contribution in [2.24, 2.45) is 7.05 Å². The zero-order chi connectivity index (χ0) is 10.8. The summed E-state index contributed by atoms with van der Waals surface area (Å²) in [5, 5.41) is 7.68. The predicted octanol–water partition coefficient (Wildman–Crippen LogP) is 1.72. The number of thiophene rings is 1. The molecule has 78 valence electrons. The summed E-state index contributed by atoms with van der Waals surface area (Å²) in [7, 11) is 3.25. The molecule has 0 aliphatic heterocycles. The first-order valence-electron chi connectivity index (χ1n) is 4.37. The number of aryl methyl sites for hydroxylation is 1. The Labute approximate surface area is 91.1 Å². The van der Waals surface area contributed by atoms with Crippen molar-refractivity contribution in [3.63, 3.8) is 0 Å². The molecular formula is C10H10N2O2S. The number of ketones is 1. The molecule has 0 aromatic carbocycles. The van der Waals surface area contributed by atoms with Gasteiger partial charge in [0.2, 0.25) is 5.78 Å². The second-order valence-corrected chi connectivity index (χ2v) is 3.81. The molecule has 2 aromatic heterocycles. The maximum atomic E-state index is 12.0. The van der Waals surface area contributed by atoms with Crippen LogP contribution in [0.25, 0.3) is 0 Å². The molecule has 5 heteroatoms. The minimum absolute atomic E-state index is 0.0619. The van der Waals surface area contributed by atoms with Gasteiger partial charge in [-0.25, -0.2) is 0 Å². The lowest BCUT2D eigenvalue weighted by atomic mass is 10.1. The van der Waals surface area contributed by atoms with E-state index in [0.29, 0.717) is 17.0 Å². The first kappa shape index (κ1) is 9.92. The zero-order valence-corrected chi connectivity index (χ0v) is 9.25. The van der Waals surface area contributed by atoms with Gasteiger partial charge in [-0.3, -0.25) is 9.48 Å². The van der Waals surface area contributed by atoms with Gasteiger partial charge >= 0.3 is 0 Å². The molecule has 0 fully saturated rings. The van der Waals surface area contributed by atoms with Crippen molar-refractivity contribution in [1.82, 2.24) is 9.78 Å². The Morgan fingerprint density at radius 3 is 3.00 bits per heavy atom. The second kappa shape index (κ2) is 3.86. The van der Waals surface area contributed by atoms with E-state index in [1.807, 2.05) is 10.8 Å². The highest BCUT2D eigenvalue weighted by molar-refractivity contribution is 7.08. The lowest BCUT2D eigenvalue weighted by Crippen LogP contribution is -2.08. The van der Waals surface area contributed by atoms with E-state index in [9.17, 15) is 4.79 Å². The number of hydrogen-bond acceptors (Lipinski definition) is 4. The van der Waals surface area contributed by atoms with Crippen LogP contribution >= 0.6 is 11.3 Å². The minimum Gasteiger partial charge on any atom is -0.493 e. The van der Waals surface area contributed by atoms with Crippen LogP contribution in [0.1, 0.15) is 16.1 Å². The van der Waals surface area contributed by atoms with Gasteiger partial charge < -0.3 is 4.74 Å². The molecule has 0 spiro atoms. The van der Waals surface area contributed by atoms with Crippen LogP contribution < -0.4 is 4.74 Å². The van der Waals surface area contributed by atoms with Crippen molar-refractivity contribution in [2.45, 2.75) is 0 Å². The van der Waals surface area contributed by atoms with Gasteiger partial charge in [-0.1, -0.05) is 0 Å². The van der Waals surface area contributed by atoms with Crippen molar-refractivity contribution >= 4 is 17.1 Å². The summed E-state index contributed by atoms with van der Waals surface area (Å²) in [6.45, 7) is 0. The molecule has 0 saturated carbocycles. The monoisotopic (exact) mass is 222 g/mol. The molecule has 0 saturated heterocycles. The largest absolute Gasteiger partial charge is 0.493 e. The summed E-state index contributed by atoms with van der Waals surface area (Å²) in [5.74, 6) is 0.446. The van der Waals surface area contributed by atoms with Crippen LogP contribution in [0, 0.1) is 0 Å². The van der Waals surface area contributed by atoms with Gasteiger partial charge in [0, 0.05) is 18.0 Å². The molecule has 2 heterocycles. The Hall–Kier alpha value is -1.62. The van der Waals surface area contributed by atoms with E-state index in [1.165, 1.54) is 23.1 Å². The number of carbonyl (C=O) groups is 1. The highest BCUT2D eigenvalue weighted by Crippen LogP contribution is 2.21. The molecule has 0 atom stereocenters. The summed E-state index contributed by atoms with van der Waals surface area (Å²) in [6, 6.07) is 1.79. The van der Waals surface area contributed by atoms with Gasteiger partial charge in [0.15, 0.2) is 11.4 Å². The third-order valence-corrected chi connectivity index (χ3v) is 2.81. The Morgan fingerprint density at radius 1 is 1.60 bits per heavy atom. The number of aromatic nitrogens is 2. The highest BCUT2D eigenvalue weighted by Gasteiger charge is 2.19. The van der Waals surface area contributed by atoms with Crippen molar-refractivity contribution in [2.75, 3.05) is 7.11 Å².